The molecular formula is C21H27FN4O2. The van der Waals surface area contributed by atoms with Gasteiger partial charge in [0.05, 0.1) is 13.2 Å². The molecule has 0 bridgehead atoms. The van der Waals surface area contributed by atoms with Crippen molar-refractivity contribution in [1.29, 1.82) is 0 Å². The summed E-state index contributed by atoms with van der Waals surface area (Å²) >= 11 is 0. The van der Waals surface area contributed by atoms with Crippen LogP contribution in [0.2, 0.25) is 0 Å². The van der Waals surface area contributed by atoms with Gasteiger partial charge in [0.15, 0.2) is 5.96 Å². The summed E-state index contributed by atoms with van der Waals surface area (Å²) in [5.74, 6) is 1.82. The fourth-order valence-electron chi connectivity index (χ4n) is 2.88. The molecule has 150 valence electrons. The van der Waals surface area contributed by atoms with Gasteiger partial charge in [0.1, 0.15) is 17.3 Å². The Morgan fingerprint density at radius 2 is 1.68 bits per heavy atom. The van der Waals surface area contributed by atoms with Gasteiger partial charge < -0.3 is 20.1 Å². The summed E-state index contributed by atoms with van der Waals surface area (Å²) in [7, 11) is 1.77. The molecule has 0 aliphatic carbocycles. The molecule has 0 atom stereocenters. The molecule has 1 fully saturated rings. The first-order chi connectivity index (χ1) is 13.7. The molecule has 2 aromatic rings. The smallest absolute Gasteiger partial charge is 0.191 e. The number of nitrogens with zero attached hydrogens (tertiary/aromatic N) is 2. The molecule has 1 saturated heterocycles. The number of ether oxygens (including phenoxy) is 2. The SMILES string of the molecule is CN=C(NCCN1CCOCC1)NCc1ccc(Oc2ccc(F)cc2)cc1. The Labute approximate surface area is 165 Å². The van der Waals surface area contributed by atoms with Crippen molar-refractivity contribution in [3.63, 3.8) is 0 Å². The Bertz CT molecular complexity index is 744. The molecule has 1 aliphatic rings. The zero-order valence-corrected chi connectivity index (χ0v) is 16.2. The van der Waals surface area contributed by atoms with Crippen LogP contribution in [0.25, 0.3) is 0 Å². The maximum Gasteiger partial charge on any atom is 0.191 e. The summed E-state index contributed by atoms with van der Waals surface area (Å²) in [4.78, 5) is 6.64. The second kappa shape index (κ2) is 10.6. The van der Waals surface area contributed by atoms with E-state index in [1.807, 2.05) is 24.3 Å². The number of rotatable bonds is 7. The van der Waals surface area contributed by atoms with E-state index < -0.39 is 0 Å². The number of benzene rings is 2. The topological polar surface area (TPSA) is 58.1 Å². The van der Waals surface area contributed by atoms with E-state index in [1.165, 1.54) is 12.1 Å². The molecule has 0 aromatic heterocycles. The molecule has 6 nitrogen and oxygen atoms in total. The predicted octanol–water partition coefficient (Wildman–Crippen LogP) is 2.62. The van der Waals surface area contributed by atoms with Gasteiger partial charge in [-0.1, -0.05) is 12.1 Å². The van der Waals surface area contributed by atoms with Crippen LogP contribution in [0, 0.1) is 5.82 Å². The summed E-state index contributed by atoms with van der Waals surface area (Å²) in [5, 5.41) is 6.65. The second-order valence-electron chi connectivity index (χ2n) is 6.51. The molecule has 0 spiro atoms. The van der Waals surface area contributed by atoms with Crippen LogP contribution in [-0.4, -0.2) is 57.3 Å². The van der Waals surface area contributed by atoms with Gasteiger partial charge in [-0.05, 0) is 42.0 Å². The first-order valence-electron chi connectivity index (χ1n) is 9.50. The lowest BCUT2D eigenvalue weighted by atomic mass is 10.2. The Hall–Kier alpha value is -2.64. The van der Waals surface area contributed by atoms with Crippen LogP contribution in [0.1, 0.15) is 5.56 Å². The van der Waals surface area contributed by atoms with E-state index in [-0.39, 0.29) is 5.82 Å². The lowest BCUT2D eigenvalue weighted by Gasteiger charge is -2.26. The van der Waals surface area contributed by atoms with Crippen LogP contribution in [0.4, 0.5) is 4.39 Å². The third-order valence-corrected chi connectivity index (χ3v) is 4.48. The van der Waals surface area contributed by atoms with Crippen molar-refractivity contribution in [3.05, 3.63) is 59.9 Å². The molecular weight excluding hydrogens is 359 g/mol. The Morgan fingerprint density at radius 1 is 1.04 bits per heavy atom. The van der Waals surface area contributed by atoms with Gasteiger partial charge >= 0.3 is 0 Å². The average Bonchev–Trinajstić information content (AvgIpc) is 2.74. The first-order valence-corrected chi connectivity index (χ1v) is 9.50. The lowest BCUT2D eigenvalue weighted by Crippen LogP contribution is -2.44. The molecule has 2 N–H and O–H groups in total. The molecule has 2 aromatic carbocycles. The molecule has 0 unspecified atom stereocenters. The lowest BCUT2D eigenvalue weighted by molar-refractivity contribution is 0.0389. The zero-order valence-electron chi connectivity index (χ0n) is 16.2. The highest BCUT2D eigenvalue weighted by atomic mass is 19.1. The van der Waals surface area contributed by atoms with Crippen molar-refractivity contribution in [3.8, 4) is 11.5 Å². The monoisotopic (exact) mass is 386 g/mol. The van der Waals surface area contributed by atoms with Crippen LogP contribution in [0.3, 0.4) is 0 Å². The van der Waals surface area contributed by atoms with E-state index in [0.717, 1.165) is 50.9 Å². The molecule has 0 radical (unpaired) electrons. The van der Waals surface area contributed by atoms with Crippen molar-refractivity contribution in [2.45, 2.75) is 6.54 Å². The number of halogens is 1. The highest BCUT2D eigenvalue weighted by Crippen LogP contribution is 2.21. The predicted molar refractivity (Wildman–Crippen MR) is 108 cm³/mol. The van der Waals surface area contributed by atoms with Crippen LogP contribution in [0.15, 0.2) is 53.5 Å². The minimum absolute atomic E-state index is 0.277. The highest BCUT2D eigenvalue weighted by molar-refractivity contribution is 5.79. The zero-order chi connectivity index (χ0) is 19.6. The van der Waals surface area contributed by atoms with E-state index >= 15 is 0 Å². The molecule has 28 heavy (non-hydrogen) atoms. The Morgan fingerprint density at radius 3 is 2.32 bits per heavy atom. The Balaban J connectivity index is 1.40. The second-order valence-corrected chi connectivity index (χ2v) is 6.51. The van der Waals surface area contributed by atoms with E-state index in [9.17, 15) is 4.39 Å². The van der Waals surface area contributed by atoms with Crippen molar-refractivity contribution in [2.24, 2.45) is 4.99 Å². The fraction of sp³-hybridized carbons (Fsp3) is 0.381. The number of morpholine rings is 1. The molecule has 3 rings (SSSR count). The van der Waals surface area contributed by atoms with Crippen LogP contribution < -0.4 is 15.4 Å². The van der Waals surface area contributed by atoms with Gasteiger partial charge in [-0.25, -0.2) is 4.39 Å². The minimum Gasteiger partial charge on any atom is -0.457 e. The van der Waals surface area contributed by atoms with E-state index in [2.05, 4.69) is 20.5 Å². The number of aliphatic imine (C=N–C) groups is 1. The quantitative estimate of drug-likeness (QED) is 0.566. The first kappa shape index (κ1) is 20.1. The highest BCUT2D eigenvalue weighted by Gasteiger charge is 2.09. The van der Waals surface area contributed by atoms with Gasteiger partial charge in [0.25, 0.3) is 0 Å². The van der Waals surface area contributed by atoms with E-state index in [4.69, 9.17) is 9.47 Å². The number of hydrogen-bond acceptors (Lipinski definition) is 4. The van der Waals surface area contributed by atoms with Crippen LogP contribution in [-0.2, 0) is 11.3 Å². The maximum absolute atomic E-state index is 12.9. The van der Waals surface area contributed by atoms with E-state index in [0.29, 0.717) is 18.0 Å². The van der Waals surface area contributed by atoms with Crippen LogP contribution >= 0.6 is 0 Å². The van der Waals surface area contributed by atoms with Crippen molar-refractivity contribution in [2.75, 3.05) is 46.4 Å². The summed E-state index contributed by atoms with van der Waals surface area (Å²) in [6.07, 6.45) is 0. The minimum atomic E-state index is -0.277. The van der Waals surface area contributed by atoms with Gasteiger partial charge in [-0.15, -0.1) is 0 Å². The van der Waals surface area contributed by atoms with Gasteiger partial charge in [0.2, 0.25) is 0 Å². The summed E-state index contributed by atoms with van der Waals surface area (Å²) in [5.41, 5.74) is 1.11. The van der Waals surface area contributed by atoms with Crippen LogP contribution in [0.5, 0.6) is 11.5 Å². The number of nitrogens with one attached hydrogen (secondary N) is 2. The van der Waals surface area contributed by atoms with Crippen molar-refractivity contribution >= 4 is 5.96 Å². The van der Waals surface area contributed by atoms with Gasteiger partial charge in [0, 0.05) is 39.8 Å². The molecule has 0 amide bonds. The summed E-state index contributed by atoms with van der Waals surface area (Å²) in [6, 6.07) is 13.8. The molecule has 0 saturated carbocycles. The molecule has 1 aliphatic heterocycles. The number of guanidine groups is 1. The normalized spacial score (nSPS) is 15.3. The van der Waals surface area contributed by atoms with E-state index in [1.54, 1.807) is 19.2 Å². The number of hydrogen-bond donors (Lipinski definition) is 2. The molecule has 7 heteroatoms. The maximum atomic E-state index is 12.9. The fourth-order valence-corrected chi connectivity index (χ4v) is 2.88. The van der Waals surface area contributed by atoms with Gasteiger partial charge in [-0.2, -0.15) is 0 Å². The third kappa shape index (κ3) is 6.51. The van der Waals surface area contributed by atoms with Gasteiger partial charge in [-0.3, -0.25) is 9.89 Å². The average molecular weight is 386 g/mol. The standard InChI is InChI=1S/C21H27FN4O2/c1-23-21(24-10-11-26-12-14-27-15-13-26)25-16-17-2-6-19(7-3-17)28-20-8-4-18(22)5-9-20/h2-9H,10-16H2,1H3,(H2,23,24,25). The largest absolute Gasteiger partial charge is 0.457 e. The molecule has 1 heterocycles. The third-order valence-electron chi connectivity index (χ3n) is 4.48. The Kier molecular flexibility index (Phi) is 7.63. The summed E-state index contributed by atoms with van der Waals surface area (Å²) < 4.78 is 24.0. The van der Waals surface area contributed by atoms with Crippen molar-refractivity contribution < 1.29 is 13.9 Å². The summed E-state index contributed by atoms with van der Waals surface area (Å²) in [6.45, 7) is 6.07. The van der Waals surface area contributed by atoms with Crippen molar-refractivity contribution in [1.82, 2.24) is 15.5 Å².